The summed E-state index contributed by atoms with van der Waals surface area (Å²) in [5.74, 6) is 2.21. The van der Waals surface area contributed by atoms with E-state index < -0.39 is 6.10 Å². The first-order valence-corrected chi connectivity index (χ1v) is 8.93. The summed E-state index contributed by atoms with van der Waals surface area (Å²) in [5, 5.41) is 19.2. The summed E-state index contributed by atoms with van der Waals surface area (Å²) >= 11 is 1.47. The van der Waals surface area contributed by atoms with Gasteiger partial charge >= 0.3 is 0 Å². The van der Waals surface area contributed by atoms with Crippen LogP contribution in [0.5, 0.6) is 5.75 Å². The van der Waals surface area contributed by atoms with Crippen molar-refractivity contribution in [2.24, 2.45) is 0 Å². The van der Waals surface area contributed by atoms with Crippen molar-refractivity contribution in [3.63, 3.8) is 0 Å². The van der Waals surface area contributed by atoms with Crippen molar-refractivity contribution in [3.05, 3.63) is 47.3 Å². The summed E-state index contributed by atoms with van der Waals surface area (Å²) in [6, 6.07) is 4.12. The molecule has 0 aliphatic carbocycles. The van der Waals surface area contributed by atoms with Crippen molar-refractivity contribution < 1.29 is 9.84 Å². The lowest BCUT2D eigenvalue weighted by Gasteiger charge is -2.16. The SMILES string of the molecule is C=CCn1c(C)nnc1SCC(O)COc1c(C)ccc(C)c1C. The lowest BCUT2D eigenvalue weighted by atomic mass is 10.1. The van der Waals surface area contributed by atoms with Gasteiger partial charge in [-0.1, -0.05) is 30.0 Å². The van der Waals surface area contributed by atoms with E-state index in [-0.39, 0.29) is 6.61 Å². The van der Waals surface area contributed by atoms with Gasteiger partial charge in [-0.15, -0.1) is 16.8 Å². The second-order valence-electron chi connectivity index (χ2n) is 5.86. The van der Waals surface area contributed by atoms with Crippen LogP contribution in [-0.4, -0.2) is 38.3 Å². The van der Waals surface area contributed by atoms with Crippen molar-refractivity contribution in [2.75, 3.05) is 12.4 Å². The third-order valence-corrected chi connectivity index (χ3v) is 5.02. The van der Waals surface area contributed by atoms with Crippen LogP contribution < -0.4 is 4.74 Å². The topological polar surface area (TPSA) is 60.2 Å². The Bertz CT molecular complexity index is 713. The number of allylic oxidation sites excluding steroid dienone is 1. The lowest BCUT2D eigenvalue weighted by Crippen LogP contribution is -2.21. The van der Waals surface area contributed by atoms with E-state index >= 15 is 0 Å². The van der Waals surface area contributed by atoms with Crippen LogP contribution in [0.15, 0.2) is 29.9 Å². The van der Waals surface area contributed by atoms with E-state index in [1.165, 1.54) is 17.3 Å². The molecule has 1 N–H and O–H groups in total. The first kappa shape index (κ1) is 18.5. The molecule has 0 radical (unpaired) electrons. The Labute approximate surface area is 147 Å². The third kappa shape index (κ3) is 4.39. The fourth-order valence-corrected chi connectivity index (χ4v) is 3.25. The zero-order valence-electron chi connectivity index (χ0n) is 14.7. The van der Waals surface area contributed by atoms with Gasteiger partial charge in [0, 0.05) is 12.3 Å². The molecule has 0 aliphatic heterocycles. The molecule has 1 unspecified atom stereocenters. The number of nitrogens with zero attached hydrogens (tertiary/aromatic N) is 3. The summed E-state index contributed by atoms with van der Waals surface area (Å²) < 4.78 is 7.83. The number of aromatic nitrogens is 3. The van der Waals surface area contributed by atoms with Crippen molar-refractivity contribution in [2.45, 2.75) is 45.5 Å². The number of aryl methyl sites for hydroxylation is 3. The van der Waals surface area contributed by atoms with Gasteiger partial charge in [0.2, 0.25) is 0 Å². The Balaban J connectivity index is 1.92. The van der Waals surface area contributed by atoms with Gasteiger partial charge < -0.3 is 14.4 Å². The Morgan fingerprint density at radius 3 is 2.67 bits per heavy atom. The average molecular weight is 347 g/mol. The number of rotatable bonds is 8. The molecule has 0 saturated carbocycles. The molecule has 0 amide bonds. The third-order valence-electron chi connectivity index (χ3n) is 3.91. The highest BCUT2D eigenvalue weighted by atomic mass is 32.2. The second kappa shape index (κ2) is 8.35. The normalized spacial score (nSPS) is 12.2. The molecule has 0 aliphatic rings. The van der Waals surface area contributed by atoms with Crippen LogP contribution in [0.25, 0.3) is 0 Å². The van der Waals surface area contributed by atoms with Crippen LogP contribution in [0.1, 0.15) is 22.5 Å². The smallest absolute Gasteiger partial charge is 0.191 e. The van der Waals surface area contributed by atoms with Crippen molar-refractivity contribution in [1.82, 2.24) is 14.8 Å². The van der Waals surface area contributed by atoms with Gasteiger partial charge in [-0.25, -0.2) is 0 Å². The predicted molar refractivity (Wildman–Crippen MR) is 97.8 cm³/mol. The van der Waals surface area contributed by atoms with Gasteiger partial charge in [-0.3, -0.25) is 0 Å². The van der Waals surface area contributed by atoms with Crippen molar-refractivity contribution >= 4 is 11.8 Å². The van der Waals surface area contributed by atoms with Crippen LogP contribution in [0.4, 0.5) is 0 Å². The summed E-state index contributed by atoms with van der Waals surface area (Å²) in [5.41, 5.74) is 3.39. The van der Waals surface area contributed by atoms with Crippen LogP contribution in [-0.2, 0) is 6.54 Å². The molecular formula is C18H25N3O2S. The van der Waals surface area contributed by atoms with E-state index in [0.29, 0.717) is 12.3 Å². The minimum Gasteiger partial charge on any atom is -0.490 e. The summed E-state index contributed by atoms with van der Waals surface area (Å²) in [7, 11) is 0. The van der Waals surface area contributed by atoms with E-state index in [2.05, 4.69) is 29.8 Å². The minimum absolute atomic E-state index is 0.257. The number of benzene rings is 1. The van der Waals surface area contributed by atoms with Crippen LogP contribution >= 0.6 is 11.8 Å². The first-order valence-electron chi connectivity index (χ1n) is 7.95. The van der Waals surface area contributed by atoms with Crippen LogP contribution in [0.2, 0.25) is 0 Å². The summed E-state index contributed by atoms with van der Waals surface area (Å²) in [4.78, 5) is 0. The van der Waals surface area contributed by atoms with E-state index in [1.807, 2.05) is 37.5 Å². The zero-order valence-corrected chi connectivity index (χ0v) is 15.6. The number of aliphatic hydroxyl groups excluding tert-OH is 1. The molecule has 2 aromatic rings. The minimum atomic E-state index is -0.580. The molecule has 130 valence electrons. The molecule has 0 fully saturated rings. The van der Waals surface area contributed by atoms with E-state index in [0.717, 1.165) is 27.9 Å². The molecule has 0 spiro atoms. The van der Waals surface area contributed by atoms with Gasteiger partial charge in [0.05, 0.1) is 6.10 Å². The van der Waals surface area contributed by atoms with E-state index in [9.17, 15) is 5.11 Å². The van der Waals surface area contributed by atoms with Gasteiger partial charge in [0.25, 0.3) is 0 Å². The molecule has 2 rings (SSSR count). The highest BCUT2D eigenvalue weighted by Gasteiger charge is 2.13. The highest BCUT2D eigenvalue weighted by molar-refractivity contribution is 7.99. The monoisotopic (exact) mass is 347 g/mol. The Morgan fingerprint density at radius 2 is 1.96 bits per heavy atom. The molecule has 0 saturated heterocycles. The number of hydrogen-bond donors (Lipinski definition) is 1. The van der Waals surface area contributed by atoms with Crippen LogP contribution in [0, 0.1) is 27.7 Å². The summed E-state index contributed by atoms with van der Waals surface area (Å²) in [6.07, 6.45) is 1.23. The van der Waals surface area contributed by atoms with Crippen molar-refractivity contribution in [3.8, 4) is 5.75 Å². The Hall–Kier alpha value is -1.79. The summed E-state index contributed by atoms with van der Waals surface area (Å²) in [6.45, 7) is 12.7. The fraction of sp³-hybridized carbons (Fsp3) is 0.444. The molecule has 1 atom stereocenters. The number of hydrogen-bond acceptors (Lipinski definition) is 5. The zero-order chi connectivity index (χ0) is 17.7. The highest BCUT2D eigenvalue weighted by Crippen LogP contribution is 2.26. The molecule has 5 nitrogen and oxygen atoms in total. The molecule has 1 heterocycles. The van der Waals surface area contributed by atoms with E-state index in [1.54, 1.807) is 0 Å². The molecule has 24 heavy (non-hydrogen) atoms. The first-order chi connectivity index (χ1) is 11.4. The fourth-order valence-electron chi connectivity index (χ4n) is 2.35. The maximum atomic E-state index is 10.2. The van der Waals surface area contributed by atoms with Crippen molar-refractivity contribution in [1.29, 1.82) is 0 Å². The Kier molecular flexibility index (Phi) is 6.45. The average Bonchev–Trinajstić information content (AvgIpc) is 2.90. The predicted octanol–water partition coefficient (Wildman–Crippen LogP) is 3.23. The Morgan fingerprint density at radius 1 is 1.25 bits per heavy atom. The van der Waals surface area contributed by atoms with Gasteiger partial charge in [-0.05, 0) is 44.4 Å². The number of aliphatic hydroxyl groups is 1. The molecular weight excluding hydrogens is 322 g/mol. The largest absolute Gasteiger partial charge is 0.490 e. The molecule has 0 bridgehead atoms. The quantitative estimate of drug-likeness (QED) is 0.587. The number of ether oxygens (including phenoxy) is 1. The maximum Gasteiger partial charge on any atom is 0.191 e. The second-order valence-corrected chi connectivity index (χ2v) is 6.85. The van der Waals surface area contributed by atoms with Gasteiger partial charge in [0.15, 0.2) is 5.16 Å². The van der Waals surface area contributed by atoms with Gasteiger partial charge in [0.1, 0.15) is 18.2 Å². The van der Waals surface area contributed by atoms with Gasteiger partial charge in [-0.2, -0.15) is 0 Å². The number of thioether (sulfide) groups is 1. The lowest BCUT2D eigenvalue weighted by molar-refractivity contribution is 0.125. The molecule has 6 heteroatoms. The van der Waals surface area contributed by atoms with Crippen LogP contribution in [0.3, 0.4) is 0 Å². The standard InChI is InChI=1S/C18H25N3O2S/c1-6-9-21-15(5)19-20-18(21)24-11-16(22)10-23-17-13(3)8-7-12(2)14(17)4/h6-8,16,22H,1,9-11H2,2-5H3. The maximum absolute atomic E-state index is 10.2. The van der Waals surface area contributed by atoms with E-state index in [4.69, 9.17) is 4.74 Å². The molecule has 1 aromatic carbocycles. The molecule has 1 aromatic heterocycles.